The minimum Gasteiger partial charge on any atom is -0.338 e. The molecule has 1 saturated carbocycles. The van der Waals surface area contributed by atoms with Gasteiger partial charge in [0, 0.05) is 18.6 Å². The summed E-state index contributed by atoms with van der Waals surface area (Å²) in [6.07, 6.45) is 7.15. The van der Waals surface area contributed by atoms with Crippen LogP contribution < -0.4 is 16.0 Å². The summed E-state index contributed by atoms with van der Waals surface area (Å²) in [5.74, 6) is 0. The van der Waals surface area contributed by atoms with Gasteiger partial charge in [-0.1, -0.05) is 0 Å². The van der Waals surface area contributed by atoms with Gasteiger partial charge in [0.05, 0.1) is 0 Å². The van der Waals surface area contributed by atoms with Crippen LogP contribution in [0.3, 0.4) is 0 Å². The first kappa shape index (κ1) is 10.7. The molecule has 1 saturated heterocycles. The monoisotopic (exact) mass is 211 g/mol. The normalized spacial score (nSPS) is 26.0. The number of hydrogen-bond donors (Lipinski definition) is 3. The van der Waals surface area contributed by atoms with Crippen LogP contribution in [0.2, 0.25) is 0 Å². The molecule has 2 rings (SSSR count). The molecule has 0 aromatic carbocycles. The van der Waals surface area contributed by atoms with E-state index < -0.39 is 0 Å². The van der Waals surface area contributed by atoms with Crippen molar-refractivity contribution in [3.05, 3.63) is 0 Å². The van der Waals surface area contributed by atoms with Crippen LogP contribution in [0, 0.1) is 0 Å². The van der Waals surface area contributed by atoms with E-state index in [-0.39, 0.29) is 6.03 Å². The number of rotatable bonds is 4. The Hall–Kier alpha value is -0.770. The van der Waals surface area contributed by atoms with Gasteiger partial charge in [0.15, 0.2) is 0 Å². The minimum atomic E-state index is 0.0118. The van der Waals surface area contributed by atoms with Gasteiger partial charge in [0.1, 0.15) is 0 Å². The third-order valence-electron chi connectivity index (χ3n) is 3.38. The van der Waals surface area contributed by atoms with Crippen molar-refractivity contribution in [2.45, 2.75) is 50.6 Å². The van der Waals surface area contributed by atoms with Crippen molar-refractivity contribution in [1.82, 2.24) is 16.0 Å². The van der Waals surface area contributed by atoms with E-state index in [4.69, 9.17) is 0 Å². The number of urea groups is 1. The lowest BCUT2D eigenvalue weighted by molar-refractivity contribution is 0.228. The molecule has 3 N–H and O–H groups in total. The average molecular weight is 211 g/mol. The maximum absolute atomic E-state index is 11.4. The van der Waals surface area contributed by atoms with Crippen molar-refractivity contribution in [2.24, 2.45) is 0 Å². The molecule has 2 aliphatic rings. The van der Waals surface area contributed by atoms with Crippen molar-refractivity contribution in [3.8, 4) is 0 Å². The molecule has 1 atom stereocenters. The topological polar surface area (TPSA) is 53.2 Å². The highest BCUT2D eigenvalue weighted by molar-refractivity contribution is 5.74. The van der Waals surface area contributed by atoms with Gasteiger partial charge in [-0.3, -0.25) is 0 Å². The van der Waals surface area contributed by atoms with E-state index in [0.29, 0.717) is 12.1 Å². The Labute approximate surface area is 91.2 Å². The summed E-state index contributed by atoms with van der Waals surface area (Å²) in [6, 6.07) is 1.07. The summed E-state index contributed by atoms with van der Waals surface area (Å²) in [5, 5.41) is 9.31. The molecule has 2 amide bonds. The summed E-state index contributed by atoms with van der Waals surface area (Å²) in [6.45, 7) is 1.93. The molecule has 0 aromatic heterocycles. The zero-order chi connectivity index (χ0) is 10.5. The molecule has 0 aromatic rings. The van der Waals surface area contributed by atoms with Crippen LogP contribution in [0.1, 0.15) is 38.5 Å². The number of carbonyl (C=O) groups excluding carboxylic acids is 1. The molecule has 86 valence electrons. The molecule has 0 radical (unpaired) electrons. The fraction of sp³-hybridized carbons (Fsp3) is 0.909. The molecule has 1 heterocycles. The van der Waals surface area contributed by atoms with Crippen LogP contribution in [0.4, 0.5) is 4.79 Å². The van der Waals surface area contributed by atoms with Gasteiger partial charge >= 0.3 is 6.03 Å². The maximum atomic E-state index is 11.4. The lowest BCUT2D eigenvalue weighted by atomic mass is 9.93. The zero-order valence-electron chi connectivity index (χ0n) is 9.22. The first-order valence-corrected chi connectivity index (χ1v) is 6.12. The molecule has 15 heavy (non-hydrogen) atoms. The van der Waals surface area contributed by atoms with Crippen molar-refractivity contribution in [1.29, 1.82) is 0 Å². The predicted molar refractivity (Wildman–Crippen MR) is 59.8 cm³/mol. The zero-order valence-corrected chi connectivity index (χ0v) is 9.22. The summed E-state index contributed by atoms with van der Waals surface area (Å²) < 4.78 is 0. The third kappa shape index (κ3) is 3.38. The molecular weight excluding hydrogens is 190 g/mol. The molecule has 0 unspecified atom stereocenters. The number of hydrogen-bond acceptors (Lipinski definition) is 2. The standard InChI is InChI=1S/C11H21N3O/c15-11(14-10-3-1-4-10)13-8-6-9-5-2-7-12-9/h9-10,12H,1-8H2,(H2,13,14,15)/t9-/m0/s1. The van der Waals surface area contributed by atoms with Crippen LogP contribution in [0.15, 0.2) is 0 Å². The first-order valence-electron chi connectivity index (χ1n) is 6.12. The van der Waals surface area contributed by atoms with Crippen molar-refractivity contribution in [3.63, 3.8) is 0 Å². The van der Waals surface area contributed by atoms with Crippen molar-refractivity contribution < 1.29 is 4.79 Å². The van der Waals surface area contributed by atoms with Crippen molar-refractivity contribution >= 4 is 6.03 Å². The van der Waals surface area contributed by atoms with Gasteiger partial charge in [0.2, 0.25) is 0 Å². The molecular formula is C11H21N3O. The van der Waals surface area contributed by atoms with E-state index in [1.807, 2.05) is 0 Å². The van der Waals surface area contributed by atoms with Crippen LogP contribution in [0.5, 0.6) is 0 Å². The van der Waals surface area contributed by atoms with Crippen LogP contribution in [-0.2, 0) is 0 Å². The minimum absolute atomic E-state index is 0.0118. The van der Waals surface area contributed by atoms with Crippen molar-refractivity contribution in [2.75, 3.05) is 13.1 Å². The summed E-state index contributed by atoms with van der Waals surface area (Å²) in [5.41, 5.74) is 0. The first-order chi connectivity index (χ1) is 7.34. The Morgan fingerprint density at radius 3 is 2.73 bits per heavy atom. The summed E-state index contributed by atoms with van der Waals surface area (Å²) in [7, 11) is 0. The fourth-order valence-electron chi connectivity index (χ4n) is 2.15. The lowest BCUT2D eigenvalue weighted by Gasteiger charge is -2.26. The third-order valence-corrected chi connectivity index (χ3v) is 3.38. The number of nitrogens with one attached hydrogen (secondary N) is 3. The largest absolute Gasteiger partial charge is 0.338 e. The Balaban J connectivity index is 1.50. The van der Waals surface area contributed by atoms with Gasteiger partial charge in [0.25, 0.3) is 0 Å². The lowest BCUT2D eigenvalue weighted by Crippen LogP contribution is -2.45. The molecule has 1 aliphatic carbocycles. The van der Waals surface area contributed by atoms with Gasteiger partial charge in [-0.2, -0.15) is 0 Å². The van der Waals surface area contributed by atoms with E-state index in [0.717, 1.165) is 32.4 Å². The Bertz CT molecular complexity index is 210. The molecule has 0 spiro atoms. The van der Waals surface area contributed by atoms with Crippen LogP contribution in [-0.4, -0.2) is 31.2 Å². The molecule has 2 fully saturated rings. The Morgan fingerprint density at radius 1 is 1.27 bits per heavy atom. The smallest absolute Gasteiger partial charge is 0.315 e. The van der Waals surface area contributed by atoms with E-state index in [9.17, 15) is 4.79 Å². The van der Waals surface area contributed by atoms with E-state index in [2.05, 4.69) is 16.0 Å². The highest BCUT2D eigenvalue weighted by Crippen LogP contribution is 2.17. The second-order valence-electron chi connectivity index (χ2n) is 4.61. The Morgan fingerprint density at radius 2 is 2.13 bits per heavy atom. The quantitative estimate of drug-likeness (QED) is 0.649. The van der Waals surface area contributed by atoms with Gasteiger partial charge in [-0.05, 0) is 45.1 Å². The molecule has 4 nitrogen and oxygen atoms in total. The van der Waals surface area contributed by atoms with Crippen LogP contribution >= 0.6 is 0 Å². The highest BCUT2D eigenvalue weighted by Gasteiger charge is 2.19. The predicted octanol–water partition coefficient (Wildman–Crippen LogP) is 0.980. The molecule has 1 aliphatic heterocycles. The highest BCUT2D eigenvalue weighted by atomic mass is 16.2. The summed E-state index contributed by atoms with van der Waals surface area (Å²) in [4.78, 5) is 11.4. The van der Waals surface area contributed by atoms with E-state index in [1.54, 1.807) is 0 Å². The average Bonchev–Trinajstić information content (AvgIpc) is 2.64. The van der Waals surface area contributed by atoms with Gasteiger partial charge in [-0.15, -0.1) is 0 Å². The second-order valence-corrected chi connectivity index (χ2v) is 4.61. The van der Waals surface area contributed by atoms with E-state index >= 15 is 0 Å². The summed E-state index contributed by atoms with van der Waals surface area (Å²) >= 11 is 0. The van der Waals surface area contributed by atoms with Crippen LogP contribution in [0.25, 0.3) is 0 Å². The van der Waals surface area contributed by atoms with Gasteiger partial charge < -0.3 is 16.0 Å². The maximum Gasteiger partial charge on any atom is 0.315 e. The van der Waals surface area contributed by atoms with Gasteiger partial charge in [-0.25, -0.2) is 4.79 Å². The molecule has 4 heteroatoms. The fourth-order valence-corrected chi connectivity index (χ4v) is 2.15. The second kappa shape index (κ2) is 5.35. The SMILES string of the molecule is O=C(NCC[C@@H]1CCCN1)NC1CCC1. The Kier molecular flexibility index (Phi) is 3.83. The van der Waals surface area contributed by atoms with E-state index in [1.165, 1.54) is 19.3 Å². The molecule has 0 bridgehead atoms. The number of carbonyl (C=O) groups is 1. The number of amides is 2.